The number of alkyl halides is 1. The Balaban J connectivity index is 1.81. The molecule has 108 valence electrons. The number of carbonyl (C=O) groups is 1. The van der Waals surface area contributed by atoms with E-state index in [0.29, 0.717) is 23.3 Å². The van der Waals surface area contributed by atoms with Crippen LogP contribution in [0.15, 0.2) is 18.2 Å². The van der Waals surface area contributed by atoms with Crippen LogP contribution in [0.1, 0.15) is 42.1 Å². The highest BCUT2D eigenvalue weighted by Crippen LogP contribution is 2.39. The molecule has 3 rings (SSSR count). The fourth-order valence-electron chi connectivity index (χ4n) is 3.09. The Bertz CT molecular complexity index is 517. The fourth-order valence-corrected chi connectivity index (χ4v) is 3.75. The molecule has 4 heteroatoms. The van der Waals surface area contributed by atoms with Gasteiger partial charge in [-0.05, 0) is 43.4 Å². The Morgan fingerprint density at radius 3 is 3.00 bits per heavy atom. The molecule has 1 fully saturated rings. The predicted octanol–water partition coefficient (Wildman–Crippen LogP) is 3.82. The smallest absolute Gasteiger partial charge is 0.224 e. The second kappa shape index (κ2) is 5.86. The van der Waals surface area contributed by atoms with Gasteiger partial charge in [0.05, 0.1) is 12.7 Å². The number of fused-ring (bicyclic) bond motifs is 1. The van der Waals surface area contributed by atoms with Gasteiger partial charge in [-0.2, -0.15) is 0 Å². The Morgan fingerprint density at radius 2 is 2.25 bits per heavy atom. The Hall–Kier alpha value is -0.870. The average Bonchev–Trinajstić information content (AvgIpc) is 2.77. The molecule has 3 atom stereocenters. The highest BCUT2D eigenvalue weighted by atomic mass is 79.9. The number of halogens is 1. The molecule has 2 heterocycles. The average molecular weight is 338 g/mol. The lowest BCUT2D eigenvalue weighted by molar-refractivity contribution is -0.116. The third kappa shape index (κ3) is 2.91. The van der Waals surface area contributed by atoms with Crippen LogP contribution in [-0.2, 0) is 16.0 Å². The zero-order valence-electron chi connectivity index (χ0n) is 11.7. The van der Waals surface area contributed by atoms with E-state index in [1.807, 2.05) is 6.07 Å². The number of nitrogens with one attached hydrogen (secondary N) is 1. The van der Waals surface area contributed by atoms with Gasteiger partial charge in [-0.25, -0.2) is 0 Å². The van der Waals surface area contributed by atoms with Crippen LogP contribution < -0.4 is 5.32 Å². The van der Waals surface area contributed by atoms with E-state index in [9.17, 15) is 4.79 Å². The van der Waals surface area contributed by atoms with Crippen molar-refractivity contribution in [3.05, 3.63) is 29.3 Å². The number of amides is 1. The molecule has 3 unspecified atom stereocenters. The Morgan fingerprint density at radius 1 is 1.40 bits per heavy atom. The number of rotatable bonds is 2. The number of anilines is 1. The van der Waals surface area contributed by atoms with Gasteiger partial charge in [-0.1, -0.05) is 28.1 Å². The number of benzene rings is 1. The molecular weight excluding hydrogens is 318 g/mol. The van der Waals surface area contributed by atoms with Crippen LogP contribution in [0.5, 0.6) is 0 Å². The van der Waals surface area contributed by atoms with Gasteiger partial charge in [0.1, 0.15) is 0 Å². The summed E-state index contributed by atoms with van der Waals surface area (Å²) in [6.45, 7) is 2.96. The molecule has 1 N–H and O–H groups in total. The van der Waals surface area contributed by atoms with Gasteiger partial charge < -0.3 is 10.1 Å². The largest absolute Gasteiger partial charge is 0.378 e. The van der Waals surface area contributed by atoms with E-state index in [1.54, 1.807) is 0 Å². The molecule has 2 aliphatic rings. The van der Waals surface area contributed by atoms with Crippen molar-refractivity contribution in [3.8, 4) is 0 Å². The highest BCUT2D eigenvalue weighted by molar-refractivity contribution is 9.09. The second-order valence-corrected chi connectivity index (χ2v) is 6.85. The first-order valence-electron chi connectivity index (χ1n) is 7.32. The van der Waals surface area contributed by atoms with E-state index in [4.69, 9.17) is 4.74 Å². The van der Waals surface area contributed by atoms with Crippen molar-refractivity contribution < 1.29 is 9.53 Å². The SMILES string of the molecule is CC1CC(C(Br)c2ccc3c(c2)CCCC(=O)N3)CO1. The van der Waals surface area contributed by atoms with Gasteiger partial charge in [-0.3, -0.25) is 4.79 Å². The van der Waals surface area contributed by atoms with Crippen LogP contribution in [0.25, 0.3) is 0 Å². The molecule has 2 aliphatic heterocycles. The fraction of sp³-hybridized carbons (Fsp3) is 0.562. The summed E-state index contributed by atoms with van der Waals surface area (Å²) in [4.78, 5) is 11.9. The minimum absolute atomic E-state index is 0.130. The second-order valence-electron chi connectivity index (χ2n) is 5.86. The normalized spacial score (nSPS) is 27.6. The van der Waals surface area contributed by atoms with E-state index in [1.165, 1.54) is 11.1 Å². The first-order valence-corrected chi connectivity index (χ1v) is 8.23. The number of aryl methyl sites for hydroxylation is 1. The van der Waals surface area contributed by atoms with Gasteiger partial charge in [0.2, 0.25) is 5.91 Å². The standard InChI is InChI=1S/C16H20BrNO2/c1-10-7-13(9-20-10)16(17)12-5-6-14-11(8-12)3-2-4-15(19)18-14/h5-6,8,10,13,16H,2-4,7,9H2,1H3,(H,18,19). The highest BCUT2D eigenvalue weighted by Gasteiger charge is 2.29. The van der Waals surface area contributed by atoms with E-state index in [-0.39, 0.29) is 5.91 Å². The Kier molecular flexibility index (Phi) is 4.13. The van der Waals surface area contributed by atoms with Crippen LogP contribution in [0.3, 0.4) is 0 Å². The molecule has 0 bridgehead atoms. The third-order valence-electron chi connectivity index (χ3n) is 4.22. The summed E-state index contributed by atoms with van der Waals surface area (Å²) in [7, 11) is 0. The molecular formula is C16H20BrNO2. The zero-order chi connectivity index (χ0) is 14.1. The molecule has 1 aromatic carbocycles. The van der Waals surface area contributed by atoms with Crippen molar-refractivity contribution in [2.75, 3.05) is 11.9 Å². The van der Waals surface area contributed by atoms with Crippen molar-refractivity contribution >= 4 is 27.5 Å². The zero-order valence-corrected chi connectivity index (χ0v) is 13.3. The molecule has 3 nitrogen and oxygen atoms in total. The predicted molar refractivity (Wildman–Crippen MR) is 83.2 cm³/mol. The number of carbonyl (C=O) groups excluding carboxylic acids is 1. The molecule has 0 saturated carbocycles. The van der Waals surface area contributed by atoms with E-state index < -0.39 is 0 Å². The van der Waals surface area contributed by atoms with Gasteiger partial charge in [-0.15, -0.1) is 0 Å². The monoisotopic (exact) mass is 337 g/mol. The first kappa shape index (κ1) is 14.1. The number of hydrogen-bond donors (Lipinski definition) is 1. The van der Waals surface area contributed by atoms with Crippen LogP contribution in [-0.4, -0.2) is 18.6 Å². The molecule has 0 spiro atoms. The van der Waals surface area contributed by atoms with Crippen LogP contribution >= 0.6 is 15.9 Å². The molecule has 0 aliphatic carbocycles. The summed E-state index contributed by atoms with van der Waals surface area (Å²) < 4.78 is 5.67. The molecule has 0 aromatic heterocycles. The maximum absolute atomic E-state index is 11.6. The topological polar surface area (TPSA) is 38.3 Å². The van der Waals surface area contributed by atoms with Crippen LogP contribution in [0.4, 0.5) is 5.69 Å². The van der Waals surface area contributed by atoms with Crippen LogP contribution in [0, 0.1) is 5.92 Å². The van der Waals surface area contributed by atoms with Crippen molar-refractivity contribution in [1.29, 1.82) is 0 Å². The van der Waals surface area contributed by atoms with Gasteiger partial charge in [0.15, 0.2) is 0 Å². The minimum atomic E-state index is 0.130. The Labute approximate surface area is 128 Å². The van der Waals surface area contributed by atoms with Gasteiger partial charge in [0.25, 0.3) is 0 Å². The maximum atomic E-state index is 11.6. The summed E-state index contributed by atoms with van der Waals surface area (Å²) >= 11 is 3.83. The molecule has 1 aromatic rings. The summed E-state index contributed by atoms with van der Waals surface area (Å²) in [6, 6.07) is 6.40. The lowest BCUT2D eigenvalue weighted by Gasteiger charge is -2.18. The quantitative estimate of drug-likeness (QED) is 0.833. The van der Waals surface area contributed by atoms with Crippen molar-refractivity contribution in [2.24, 2.45) is 5.92 Å². The van der Waals surface area contributed by atoms with E-state index in [2.05, 4.69) is 40.3 Å². The third-order valence-corrected chi connectivity index (χ3v) is 5.49. The van der Waals surface area contributed by atoms with Crippen molar-refractivity contribution in [3.63, 3.8) is 0 Å². The van der Waals surface area contributed by atoms with E-state index >= 15 is 0 Å². The summed E-state index contributed by atoms with van der Waals surface area (Å²) in [6.07, 6.45) is 3.98. The van der Waals surface area contributed by atoms with Gasteiger partial charge >= 0.3 is 0 Å². The molecule has 1 amide bonds. The van der Waals surface area contributed by atoms with Crippen molar-refractivity contribution in [1.82, 2.24) is 0 Å². The first-order chi connectivity index (χ1) is 9.63. The number of hydrogen-bond acceptors (Lipinski definition) is 2. The lowest BCUT2D eigenvalue weighted by atomic mass is 9.94. The minimum Gasteiger partial charge on any atom is -0.378 e. The molecule has 20 heavy (non-hydrogen) atoms. The van der Waals surface area contributed by atoms with E-state index in [0.717, 1.165) is 31.6 Å². The molecule has 0 radical (unpaired) electrons. The van der Waals surface area contributed by atoms with Crippen molar-refractivity contribution in [2.45, 2.75) is 43.5 Å². The summed E-state index contributed by atoms with van der Waals surface area (Å²) in [5, 5.41) is 2.99. The van der Waals surface area contributed by atoms with Crippen LogP contribution in [0.2, 0.25) is 0 Å². The summed E-state index contributed by atoms with van der Waals surface area (Å²) in [5.41, 5.74) is 3.53. The van der Waals surface area contributed by atoms with Gasteiger partial charge in [0, 0.05) is 22.9 Å². The number of ether oxygens (including phenoxy) is 1. The maximum Gasteiger partial charge on any atom is 0.224 e. The summed E-state index contributed by atoms with van der Waals surface area (Å²) in [5.74, 6) is 0.660. The molecule has 1 saturated heterocycles. The lowest BCUT2D eigenvalue weighted by Crippen LogP contribution is -2.10.